The Bertz CT molecular complexity index is 958. The first kappa shape index (κ1) is 20.0. The van der Waals surface area contributed by atoms with Gasteiger partial charge in [0.2, 0.25) is 5.91 Å². The first-order valence-corrected chi connectivity index (χ1v) is 10.7. The molecule has 0 fully saturated rings. The Morgan fingerprint density at radius 2 is 1.93 bits per heavy atom. The third-order valence-electron chi connectivity index (χ3n) is 4.42. The Balaban J connectivity index is 1.58. The zero-order valence-corrected chi connectivity index (χ0v) is 16.5. The Morgan fingerprint density at radius 1 is 1.14 bits per heavy atom. The molecule has 0 saturated carbocycles. The Kier molecular flexibility index (Phi) is 6.43. The van der Waals surface area contributed by atoms with E-state index in [2.05, 4.69) is 20.3 Å². The van der Waals surface area contributed by atoms with E-state index in [1.54, 1.807) is 12.1 Å². The number of rotatable bonds is 7. The number of amidine groups is 1. The number of carbonyl (C=O) groups is 1. The molecule has 0 radical (unpaired) electrons. The van der Waals surface area contributed by atoms with Gasteiger partial charge in [-0.3, -0.25) is 14.5 Å². The number of hydrogen-bond donors (Lipinski definition) is 3. The Hall–Kier alpha value is -2.71. The lowest BCUT2D eigenvalue weighted by Gasteiger charge is -2.14. The molecule has 3 N–H and O–H groups in total. The first-order valence-electron chi connectivity index (χ1n) is 9.18. The van der Waals surface area contributed by atoms with E-state index in [0.717, 1.165) is 12.0 Å². The van der Waals surface area contributed by atoms with Crippen LogP contribution < -0.4 is 15.4 Å². The molecule has 148 valence electrons. The molecule has 1 aliphatic rings. The zero-order valence-electron chi connectivity index (χ0n) is 15.7. The van der Waals surface area contributed by atoms with Crippen LogP contribution in [-0.2, 0) is 14.8 Å². The smallest absolute Gasteiger partial charge is 0.262 e. The van der Waals surface area contributed by atoms with Crippen molar-refractivity contribution in [2.24, 2.45) is 4.99 Å². The number of benzene rings is 2. The van der Waals surface area contributed by atoms with Gasteiger partial charge < -0.3 is 10.6 Å². The summed E-state index contributed by atoms with van der Waals surface area (Å²) in [7, 11) is -3.71. The summed E-state index contributed by atoms with van der Waals surface area (Å²) in [5.74, 6) is 0.235. The van der Waals surface area contributed by atoms with E-state index < -0.39 is 10.0 Å². The van der Waals surface area contributed by atoms with Crippen LogP contribution >= 0.6 is 0 Å². The molecule has 2 aromatic rings. The SMILES string of the molecule is CC(NCC(=O)Nc1cccc(S(=O)(=O)NC2=NCCC2)c1)c1ccccc1. The summed E-state index contributed by atoms with van der Waals surface area (Å²) in [6.07, 6.45) is 1.48. The number of nitrogens with one attached hydrogen (secondary N) is 3. The summed E-state index contributed by atoms with van der Waals surface area (Å²) in [4.78, 5) is 16.4. The highest BCUT2D eigenvalue weighted by Crippen LogP contribution is 2.17. The molecule has 0 saturated heterocycles. The van der Waals surface area contributed by atoms with Crippen LogP contribution in [0.5, 0.6) is 0 Å². The van der Waals surface area contributed by atoms with Crippen LogP contribution in [0.3, 0.4) is 0 Å². The molecule has 8 heteroatoms. The summed E-state index contributed by atoms with van der Waals surface area (Å²) >= 11 is 0. The van der Waals surface area contributed by atoms with Crippen molar-refractivity contribution in [2.45, 2.75) is 30.7 Å². The van der Waals surface area contributed by atoms with Crippen molar-refractivity contribution < 1.29 is 13.2 Å². The Morgan fingerprint density at radius 3 is 2.64 bits per heavy atom. The van der Waals surface area contributed by atoms with Gasteiger partial charge in [0.05, 0.1) is 11.4 Å². The minimum Gasteiger partial charge on any atom is -0.325 e. The summed E-state index contributed by atoms with van der Waals surface area (Å²) in [6, 6.07) is 16.0. The molecule has 1 amide bonds. The summed E-state index contributed by atoms with van der Waals surface area (Å²) in [6.45, 7) is 2.73. The average molecular weight is 401 g/mol. The summed E-state index contributed by atoms with van der Waals surface area (Å²) in [5, 5.41) is 5.88. The predicted octanol–water partition coefficient (Wildman–Crippen LogP) is 2.45. The predicted molar refractivity (Wildman–Crippen MR) is 110 cm³/mol. The number of aliphatic imine (C=N–C) groups is 1. The molecule has 28 heavy (non-hydrogen) atoms. The van der Waals surface area contributed by atoms with E-state index in [1.165, 1.54) is 12.1 Å². The molecule has 7 nitrogen and oxygen atoms in total. The monoisotopic (exact) mass is 400 g/mol. The average Bonchev–Trinajstić information content (AvgIpc) is 3.19. The van der Waals surface area contributed by atoms with Crippen LogP contribution in [0.2, 0.25) is 0 Å². The number of anilines is 1. The minimum absolute atomic E-state index is 0.0232. The van der Waals surface area contributed by atoms with Gasteiger partial charge in [0.15, 0.2) is 0 Å². The van der Waals surface area contributed by atoms with Crippen LogP contribution in [0.15, 0.2) is 64.5 Å². The van der Waals surface area contributed by atoms with E-state index in [0.29, 0.717) is 24.5 Å². The van der Waals surface area contributed by atoms with Gasteiger partial charge >= 0.3 is 0 Å². The van der Waals surface area contributed by atoms with Gasteiger partial charge in [0.1, 0.15) is 5.84 Å². The van der Waals surface area contributed by atoms with Crippen LogP contribution in [-0.4, -0.2) is 33.3 Å². The van der Waals surface area contributed by atoms with Crippen molar-refractivity contribution in [1.82, 2.24) is 10.0 Å². The number of sulfonamides is 1. The second-order valence-electron chi connectivity index (χ2n) is 6.63. The van der Waals surface area contributed by atoms with Crippen molar-refractivity contribution in [1.29, 1.82) is 0 Å². The first-order chi connectivity index (χ1) is 13.4. The second-order valence-corrected chi connectivity index (χ2v) is 8.31. The van der Waals surface area contributed by atoms with Gasteiger partial charge in [0.25, 0.3) is 10.0 Å². The van der Waals surface area contributed by atoms with E-state index in [9.17, 15) is 13.2 Å². The maximum atomic E-state index is 12.5. The number of nitrogens with zero attached hydrogens (tertiary/aromatic N) is 1. The molecule has 1 unspecified atom stereocenters. The van der Waals surface area contributed by atoms with Gasteiger partial charge in [-0.25, -0.2) is 8.42 Å². The lowest BCUT2D eigenvalue weighted by Crippen LogP contribution is -2.30. The van der Waals surface area contributed by atoms with Crippen LogP contribution in [0.1, 0.15) is 31.4 Å². The standard InChI is InChI=1S/C20H24N4O3S/c1-15(16-7-3-2-4-8-16)22-14-20(25)23-17-9-5-10-18(13-17)28(26,27)24-19-11-6-12-21-19/h2-5,7-10,13,15,22H,6,11-12,14H2,1H3,(H,21,24)(H,23,25). The van der Waals surface area contributed by atoms with Crippen molar-refractivity contribution in [2.75, 3.05) is 18.4 Å². The highest BCUT2D eigenvalue weighted by molar-refractivity contribution is 7.90. The van der Waals surface area contributed by atoms with Gasteiger partial charge in [0, 0.05) is 24.7 Å². The Labute approximate surface area is 165 Å². The molecular formula is C20H24N4O3S. The van der Waals surface area contributed by atoms with E-state index in [-0.39, 0.29) is 23.4 Å². The molecule has 1 aliphatic heterocycles. The lowest BCUT2D eigenvalue weighted by molar-refractivity contribution is -0.115. The van der Waals surface area contributed by atoms with Crippen LogP contribution in [0.4, 0.5) is 5.69 Å². The molecule has 3 rings (SSSR count). The van der Waals surface area contributed by atoms with Crippen LogP contribution in [0.25, 0.3) is 0 Å². The van der Waals surface area contributed by atoms with Crippen LogP contribution in [0, 0.1) is 0 Å². The summed E-state index contributed by atoms with van der Waals surface area (Å²) in [5.41, 5.74) is 1.51. The van der Waals surface area contributed by atoms with Crippen molar-refractivity contribution in [3.8, 4) is 0 Å². The molecule has 2 aromatic carbocycles. The maximum absolute atomic E-state index is 12.5. The quantitative estimate of drug-likeness (QED) is 0.665. The molecule has 0 aliphatic carbocycles. The molecule has 0 bridgehead atoms. The lowest BCUT2D eigenvalue weighted by atomic mass is 10.1. The maximum Gasteiger partial charge on any atom is 0.262 e. The van der Waals surface area contributed by atoms with Crippen molar-refractivity contribution in [3.05, 3.63) is 60.2 Å². The fourth-order valence-corrected chi connectivity index (χ4v) is 4.02. The minimum atomic E-state index is -3.71. The third kappa shape index (κ3) is 5.40. The highest BCUT2D eigenvalue weighted by Gasteiger charge is 2.18. The fraction of sp³-hybridized carbons (Fsp3) is 0.300. The van der Waals surface area contributed by atoms with Gasteiger partial charge in [-0.05, 0) is 37.1 Å². The normalized spacial score (nSPS) is 15.0. The molecule has 1 heterocycles. The third-order valence-corrected chi connectivity index (χ3v) is 5.80. The number of amides is 1. The van der Waals surface area contributed by atoms with E-state index in [1.807, 2.05) is 37.3 Å². The molecule has 0 aromatic heterocycles. The molecule has 1 atom stereocenters. The summed E-state index contributed by atoms with van der Waals surface area (Å²) < 4.78 is 27.5. The fourth-order valence-electron chi connectivity index (χ4n) is 2.89. The van der Waals surface area contributed by atoms with Gasteiger partial charge in [-0.15, -0.1) is 0 Å². The van der Waals surface area contributed by atoms with Gasteiger partial charge in [-0.1, -0.05) is 36.4 Å². The number of hydrogen-bond acceptors (Lipinski definition) is 5. The largest absolute Gasteiger partial charge is 0.325 e. The highest BCUT2D eigenvalue weighted by atomic mass is 32.2. The zero-order chi connectivity index (χ0) is 20.0. The van der Waals surface area contributed by atoms with Crippen molar-refractivity contribution in [3.63, 3.8) is 0 Å². The van der Waals surface area contributed by atoms with Crippen molar-refractivity contribution >= 4 is 27.5 Å². The molecular weight excluding hydrogens is 376 g/mol. The van der Waals surface area contributed by atoms with Gasteiger partial charge in [-0.2, -0.15) is 0 Å². The number of carbonyl (C=O) groups excluding carboxylic acids is 1. The van der Waals surface area contributed by atoms with E-state index in [4.69, 9.17) is 0 Å². The second kappa shape index (κ2) is 8.99. The van der Waals surface area contributed by atoms with E-state index >= 15 is 0 Å². The topological polar surface area (TPSA) is 99.7 Å². The molecule has 0 spiro atoms.